The van der Waals surface area contributed by atoms with Crippen molar-refractivity contribution >= 4 is 51.3 Å². The zero-order valence-electron chi connectivity index (χ0n) is 35.2. The molecule has 8 aromatic rings. The molecule has 8 rings (SSSR count). The van der Waals surface area contributed by atoms with E-state index in [1.807, 2.05) is 64.1 Å². The van der Waals surface area contributed by atoms with Crippen LogP contribution in [-0.2, 0) is 0 Å². The molecule has 0 aliphatic heterocycles. The molecule has 15 heteroatoms. The van der Waals surface area contributed by atoms with Gasteiger partial charge in [-0.15, -0.1) is 0 Å². The van der Waals surface area contributed by atoms with Gasteiger partial charge in [0.2, 0.25) is 11.9 Å². The van der Waals surface area contributed by atoms with Crippen LogP contribution in [0.2, 0.25) is 0 Å². The number of urea groups is 1. The number of fused-ring (bicyclic) bond motifs is 2. The molecule has 0 aliphatic rings. The first-order valence-corrected chi connectivity index (χ1v) is 19.6. The molecule has 0 atom stereocenters. The van der Waals surface area contributed by atoms with Crippen LogP contribution in [0.15, 0.2) is 131 Å². The quantitative estimate of drug-likeness (QED) is 0.0916. The Morgan fingerprint density at radius 2 is 0.938 bits per heavy atom. The van der Waals surface area contributed by atoms with Crippen molar-refractivity contribution in [2.24, 2.45) is 0 Å². The first kappa shape index (κ1) is 47.6. The van der Waals surface area contributed by atoms with Crippen LogP contribution >= 0.6 is 0 Å². The molecule has 0 saturated carbocycles. The van der Waals surface area contributed by atoms with Gasteiger partial charge >= 0.3 is 6.03 Å². The number of methoxy groups -OCH3 is 2. The summed E-state index contributed by atoms with van der Waals surface area (Å²) in [7, 11) is 2.82. The highest BCUT2D eigenvalue weighted by atomic mass is 16.5. The van der Waals surface area contributed by atoms with Crippen molar-refractivity contribution < 1.29 is 29.3 Å². The number of rotatable bonds is 8. The normalized spacial score (nSPS) is 10.4. The summed E-state index contributed by atoms with van der Waals surface area (Å²) >= 11 is 0. The van der Waals surface area contributed by atoms with Crippen molar-refractivity contribution in [2.45, 2.75) is 42.5 Å². The molecule has 6 aromatic carbocycles. The fourth-order valence-electron chi connectivity index (χ4n) is 7.25. The molecule has 0 saturated heterocycles. The van der Waals surface area contributed by atoms with E-state index in [-0.39, 0.29) is 72.1 Å². The number of amides is 3. The zero-order valence-corrected chi connectivity index (χ0v) is 35.2. The second-order valence-corrected chi connectivity index (χ2v) is 14.4. The standard InChI is InChI=1S/C24H22N4O4.C24H21N3O4.2CH4/c1-14-8-6-9-15(2)20(14)28-22(30)16-10-4-5-11-17(16)25-23(28)27-24(31)26-18-12-7-13-19(32-3)21(18)29;1-14-8-6-9-15(2)20(14)27-23(30)16-10-4-5-12-18(16)25-24(27)26-22(29)17-11-7-13-19(31-3)21(17)28;;/h4-13,29H,1-3H3,(H2,25,26,27,31);4-13,28H,1-3H3,(H,25,26,29);2*1H4. The monoisotopic (exact) mass is 877 g/mol. The Morgan fingerprint density at radius 1 is 0.523 bits per heavy atom. The third kappa shape index (κ3) is 9.49. The van der Waals surface area contributed by atoms with E-state index in [2.05, 4.69) is 25.9 Å². The highest BCUT2D eigenvalue weighted by Crippen LogP contribution is 2.34. The highest BCUT2D eigenvalue weighted by molar-refractivity contribution is 6.06. The fourth-order valence-corrected chi connectivity index (χ4v) is 7.25. The summed E-state index contributed by atoms with van der Waals surface area (Å²) in [4.78, 5) is 61.8. The first-order chi connectivity index (χ1) is 30.3. The van der Waals surface area contributed by atoms with E-state index >= 15 is 0 Å². The van der Waals surface area contributed by atoms with Gasteiger partial charge in [0, 0.05) is 0 Å². The lowest BCUT2D eigenvalue weighted by Gasteiger charge is -2.18. The van der Waals surface area contributed by atoms with Gasteiger partial charge in [0.1, 0.15) is 0 Å². The van der Waals surface area contributed by atoms with Crippen molar-refractivity contribution in [1.29, 1.82) is 0 Å². The predicted molar refractivity (Wildman–Crippen MR) is 257 cm³/mol. The number of nitrogens with one attached hydrogen (secondary N) is 3. The first-order valence-electron chi connectivity index (χ1n) is 19.6. The lowest BCUT2D eigenvalue weighted by atomic mass is 10.1. The number of carbonyl (C=O) groups is 2. The summed E-state index contributed by atoms with van der Waals surface area (Å²) < 4.78 is 13.0. The SMILES string of the molecule is C.C.COc1cccc(C(=O)Nc2nc3ccccc3c(=O)n2-c2c(C)cccc2C)c1O.COc1cccc(NC(=O)Nc2nc3ccccc3c(=O)n2-c2c(C)cccc2C)c1O. The van der Waals surface area contributed by atoms with Gasteiger partial charge in [-0.1, -0.05) is 87.6 Å². The van der Waals surface area contributed by atoms with Crippen LogP contribution in [0.5, 0.6) is 23.0 Å². The number of hydrogen-bond acceptors (Lipinski definition) is 10. The van der Waals surface area contributed by atoms with Gasteiger partial charge in [-0.05, 0) is 98.5 Å². The van der Waals surface area contributed by atoms with E-state index in [1.54, 1.807) is 72.8 Å². The number of carbonyl (C=O) groups excluding carboxylic acids is 2. The maximum atomic E-state index is 13.4. The number of nitrogens with zero attached hydrogens (tertiary/aromatic N) is 4. The van der Waals surface area contributed by atoms with Crippen molar-refractivity contribution in [2.75, 3.05) is 30.2 Å². The molecular weight excluding hydrogens is 827 g/mol. The molecule has 2 heterocycles. The number of benzene rings is 6. The fraction of sp³-hybridized carbons (Fsp3) is 0.160. The topological polar surface area (TPSA) is 199 Å². The summed E-state index contributed by atoms with van der Waals surface area (Å²) in [5.74, 6) is -0.587. The number of ether oxygens (including phenoxy) is 2. The summed E-state index contributed by atoms with van der Waals surface area (Å²) in [6.45, 7) is 7.57. The van der Waals surface area contributed by atoms with Gasteiger partial charge in [-0.25, -0.2) is 23.9 Å². The molecule has 0 fully saturated rings. The van der Waals surface area contributed by atoms with E-state index in [0.29, 0.717) is 33.2 Å². The molecule has 65 heavy (non-hydrogen) atoms. The summed E-state index contributed by atoms with van der Waals surface area (Å²) in [6, 6.07) is 34.0. The Balaban J connectivity index is 0.000000237. The maximum Gasteiger partial charge on any atom is 0.326 e. The molecule has 3 amide bonds. The number of aromatic hydroxyl groups is 2. The van der Waals surface area contributed by atoms with Gasteiger partial charge in [0.25, 0.3) is 17.0 Å². The number of aromatic nitrogens is 4. The molecule has 0 unspecified atom stereocenters. The van der Waals surface area contributed by atoms with Gasteiger partial charge in [-0.2, -0.15) is 0 Å². The number of phenols is 2. The van der Waals surface area contributed by atoms with Crippen molar-refractivity contribution in [3.05, 3.63) is 170 Å². The Hall–Kier alpha value is -8.46. The van der Waals surface area contributed by atoms with E-state index in [9.17, 15) is 29.4 Å². The van der Waals surface area contributed by atoms with Crippen LogP contribution in [-0.4, -0.2) is 55.5 Å². The smallest absolute Gasteiger partial charge is 0.326 e. The second-order valence-electron chi connectivity index (χ2n) is 14.4. The molecule has 0 spiro atoms. The molecule has 0 aliphatic carbocycles. The summed E-state index contributed by atoms with van der Waals surface area (Å²) in [5, 5.41) is 29.4. The van der Waals surface area contributed by atoms with E-state index in [1.165, 1.54) is 35.5 Å². The van der Waals surface area contributed by atoms with Gasteiger partial charge in [-0.3, -0.25) is 25.0 Å². The van der Waals surface area contributed by atoms with Crippen LogP contribution in [0.4, 0.5) is 22.4 Å². The molecule has 0 radical (unpaired) electrons. The molecule has 5 N–H and O–H groups in total. The number of aryl methyl sites for hydroxylation is 4. The minimum atomic E-state index is -0.671. The van der Waals surface area contributed by atoms with Crippen molar-refractivity contribution in [3.8, 4) is 34.4 Å². The van der Waals surface area contributed by atoms with Crippen LogP contribution in [0.3, 0.4) is 0 Å². The van der Waals surface area contributed by atoms with Gasteiger partial charge in [0.15, 0.2) is 23.0 Å². The predicted octanol–water partition coefficient (Wildman–Crippen LogP) is 9.60. The molecule has 2 aromatic heterocycles. The number of phenolic OH excluding ortho intramolecular Hbond substituents is 2. The third-order valence-electron chi connectivity index (χ3n) is 10.3. The molecule has 0 bridgehead atoms. The second kappa shape index (κ2) is 20.2. The van der Waals surface area contributed by atoms with Crippen LogP contribution in [0.1, 0.15) is 47.5 Å². The van der Waals surface area contributed by atoms with E-state index in [0.717, 1.165) is 22.3 Å². The molecule has 15 nitrogen and oxygen atoms in total. The Labute approximate surface area is 375 Å². The maximum absolute atomic E-state index is 13.4. The Bertz CT molecular complexity index is 3160. The third-order valence-corrected chi connectivity index (χ3v) is 10.3. The van der Waals surface area contributed by atoms with Crippen molar-refractivity contribution in [1.82, 2.24) is 19.1 Å². The average molecular weight is 878 g/mol. The van der Waals surface area contributed by atoms with E-state index < -0.39 is 11.9 Å². The van der Waals surface area contributed by atoms with Gasteiger partial charge in [0.05, 0.1) is 58.7 Å². The van der Waals surface area contributed by atoms with Crippen LogP contribution in [0.25, 0.3) is 33.2 Å². The van der Waals surface area contributed by atoms with Crippen molar-refractivity contribution in [3.63, 3.8) is 0 Å². The minimum Gasteiger partial charge on any atom is -0.504 e. The van der Waals surface area contributed by atoms with Gasteiger partial charge < -0.3 is 25.0 Å². The summed E-state index contributed by atoms with van der Waals surface area (Å²) in [6.07, 6.45) is 0. The van der Waals surface area contributed by atoms with Crippen LogP contribution < -0.4 is 36.5 Å². The highest BCUT2D eigenvalue weighted by Gasteiger charge is 2.22. The lowest BCUT2D eigenvalue weighted by Crippen LogP contribution is -2.29. The van der Waals surface area contributed by atoms with Crippen LogP contribution in [0, 0.1) is 27.7 Å². The number of para-hydroxylation sites is 6. The summed E-state index contributed by atoms with van der Waals surface area (Å²) in [5.41, 5.74) is 5.22. The zero-order chi connectivity index (χ0) is 44.9. The average Bonchev–Trinajstić information content (AvgIpc) is 3.26. The largest absolute Gasteiger partial charge is 0.504 e. The Morgan fingerprint density at radius 3 is 1.42 bits per heavy atom. The lowest BCUT2D eigenvalue weighted by molar-refractivity contribution is 0.102. The number of anilines is 3. The molecular formula is C50H51N7O8. The Kier molecular flexibility index (Phi) is 14.8. The minimum absolute atomic E-state index is 0. The molecule has 334 valence electrons. The van der Waals surface area contributed by atoms with E-state index in [4.69, 9.17) is 9.47 Å². The number of hydrogen-bond donors (Lipinski definition) is 5.